The van der Waals surface area contributed by atoms with Crippen LogP contribution in [0.15, 0.2) is 18.2 Å². The zero-order chi connectivity index (χ0) is 15.7. The van der Waals surface area contributed by atoms with E-state index >= 15 is 0 Å². The predicted molar refractivity (Wildman–Crippen MR) is 82.9 cm³/mol. The first-order chi connectivity index (χ1) is 10.6. The van der Waals surface area contributed by atoms with E-state index in [2.05, 4.69) is 5.32 Å². The molecule has 1 aromatic carbocycles. The Bertz CT molecular complexity index is 597. The Morgan fingerprint density at radius 1 is 1.32 bits per heavy atom. The molecule has 1 unspecified atom stereocenters. The molecule has 2 heterocycles. The number of piperidine rings is 1. The van der Waals surface area contributed by atoms with Crippen molar-refractivity contribution in [1.29, 1.82) is 0 Å². The van der Waals surface area contributed by atoms with E-state index in [-0.39, 0.29) is 17.7 Å². The maximum absolute atomic E-state index is 12.6. The zero-order valence-corrected chi connectivity index (χ0v) is 13.2. The normalized spacial score (nSPS) is 21.2. The van der Waals surface area contributed by atoms with E-state index in [4.69, 9.17) is 16.3 Å². The third kappa shape index (κ3) is 2.90. The Morgan fingerprint density at radius 3 is 2.73 bits per heavy atom. The highest BCUT2D eigenvalue weighted by Crippen LogP contribution is 2.32. The van der Waals surface area contributed by atoms with Crippen LogP contribution in [-0.4, -0.2) is 43.0 Å². The first-order valence-electron chi connectivity index (χ1n) is 7.54. The van der Waals surface area contributed by atoms with Crippen molar-refractivity contribution < 1.29 is 14.3 Å². The quantitative estimate of drug-likeness (QED) is 0.900. The van der Waals surface area contributed by atoms with E-state index in [0.717, 1.165) is 11.3 Å². The van der Waals surface area contributed by atoms with Crippen LogP contribution in [0.3, 0.4) is 0 Å². The average Bonchev–Trinajstić information content (AvgIpc) is 2.96. The lowest BCUT2D eigenvalue weighted by Crippen LogP contribution is -2.47. The molecule has 1 atom stereocenters. The van der Waals surface area contributed by atoms with E-state index < -0.39 is 6.10 Å². The number of rotatable bonds is 2. The van der Waals surface area contributed by atoms with Crippen LogP contribution < -0.4 is 10.1 Å². The summed E-state index contributed by atoms with van der Waals surface area (Å²) in [6.45, 7) is 1.21. The molecule has 2 aliphatic rings. The van der Waals surface area contributed by atoms with Crippen molar-refractivity contribution in [2.75, 3.05) is 20.1 Å². The number of nitrogens with one attached hydrogen (secondary N) is 1. The van der Waals surface area contributed by atoms with Crippen LogP contribution in [0.5, 0.6) is 5.75 Å². The van der Waals surface area contributed by atoms with E-state index in [1.54, 1.807) is 18.0 Å². The Labute approximate surface area is 134 Å². The Morgan fingerprint density at radius 2 is 2.05 bits per heavy atom. The van der Waals surface area contributed by atoms with Gasteiger partial charge in [0.15, 0.2) is 6.10 Å². The van der Waals surface area contributed by atoms with E-state index in [0.29, 0.717) is 37.4 Å². The largest absolute Gasteiger partial charge is 0.480 e. The van der Waals surface area contributed by atoms with Crippen molar-refractivity contribution >= 4 is 23.4 Å². The lowest BCUT2D eigenvalue weighted by atomic mass is 9.95. The molecule has 3 rings (SSSR count). The number of fused-ring (bicyclic) bond motifs is 1. The second kappa shape index (κ2) is 6.16. The molecule has 0 saturated carbocycles. The number of ether oxygens (including phenoxy) is 1. The van der Waals surface area contributed by atoms with Gasteiger partial charge in [0.1, 0.15) is 5.75 Å². The van der Waals surface area contributed by atoms with Crippen LogP contribution in [0.25, 0.3) is 0 Å². The number of carbonyl (C=O) groups is 2. The van der Waals surface area contributed by atoms with Gasteiger partial charge in [0, 0.05) is 37.5 Å². The minimum atomic E-state index is -0.468. The Kier molecular flexibility index (Phi) is 4.25. The molecule has 2 aliphatic heterocycles. The minimum absolute atomic E-state index is 0.00248. The summed E-state index contributed by atoms with van der Waals surface area (Å²) in [4.78, 5) is 26.0. The number of likely N-dealkylation sites (tertiary alicyclic amines) is 1. The van der Waals surface area contributed by atoms with Gasteiger partial charge in [-0.15, -0.1) is 0 Å². The van der Waals surface area contributed by atoms with Crippen LogP contribution in [0.2, 0.25) is 5.02 Å². The lowest BCUT2D eigenvalue weighted by Gasteiger charge is -2.32. The smallest absolute Gasteiger partial charge is 0.263 e. The summed E-state index contributed by atoms with van der Waals surface area (Å²) in [5.41, 5.74) is 0.978. The first-order valence-corrected chi connectivity index (χ1v) is 7.91. The van der Waals surface area contributed by atoms with Crippen molar-refractivity contribution in [1.82, 2.24) is 10.2 Å². The summed E-state index contributed by atoms with van der Waals surface area (Å²) >= 11 is 5.97. The van der Waals surface area contributed by atoms with Gasteiger partial charge in [-0.2, -0.15) is 0 Å². The van der Waals surface area contributed by atoms with Gasteiger partial charge in [-0.3, -0.25) is 9.59 Å². The molecule has 1 aromatic rings. The topological polar surface area (TPSA) is 58.6 Å². The Hall–Kier alpha value is -1.75. The number of nitrogens with zero attached hydrogens (tertiary/aromatic N) is 1. The molecule has 0 aromatic heterocycles. The SMILES string of the molecule is CNC(=O)C1CCN(C(=O)C2Cc3cc(Cl)ccc3O2)CC1. The second-order valence-electron chi connectivity index (χ2n) is 5.78. The lowest BCUT2D eigenvalue weighted by molar-refractivity contribution is -0.141. The highest BCUT2D eigenvalue weighted by Gasteiger charge is 2.35. The van der Waals surface area contributed by atoms with Gasteiger partial charge in [0.05, 0.1) is 0 Å². The zero-order valence-electron chi connectivity index (χ0n) is 12.5. The van der Waals surface area contributed by atoms with Crippen molar-refractivity contribution in [3.05, 3.63) is 28.8 Å². The third-order valence-electron chi connectivity index (χ3n) is 4.40. The average molecular weight is 323 g/mol. The molecule has 6 heteroatoms. The number of hydrogen-bond acceptors (Lipinski definition) is 3. The summed E-state index contributed by atoms with van der Waals surface area (Å²) in [7, 11) is 1.65. The van der Waals surface area contributed by atoms with Gasteiger partial charge in [-0.05, 0) is 36.6 Å². The molecule has 1 fully saturated rings. The highest BCUT2D eigenvalue weighted by atomic mass is 35.5. The number of hydrogen-bond donors (Lipinski definition) is 1. The molecule has 1 saturated heterocycles. The van der Waals surface area contributed by atoms with Crippen LogP contribution >= 0.6 is 11.6 Å². The third-order valence-corrected chi connectivity index (χ3v) is 4.63. The molecular weight excluding hydrogens is 304 g/mol. The molecule has 0 aliphatic carbocycles. The predicted octanol–water partition coefficient (Wildman–Crippen LogP) is 1.63. The van der Waals surface area contributed by atoms with Gasteiger partial charge in [-0.25, -0.2) is 0 Å². The minimum Gasteiger partial charge on any atom is -0.480 e. The van der Waals surface area contributed by atoms with Crippen molar-refractivity contribution in [2.45, 2.75) is 25.4 Å². The van der Waals surface area contributed by atoms with Gasteiger partial charge in [0.25, 0.3) is 5.91 Å². The Balaban J connectivity index is 1.59. The molecule has 0 bridgehead atoms. The summed E-state index contributed by atoms with van der Waals surface area (Å²) in [5.74, 6) is 0.812. The number of carbonyl (C=O) groups excluding carboxylic acids is 2. The van der Waals surface area contributed by atoms with Crippen LogP contribution in [-0.2, 0) is 16.0 Å². The van der Waals surface area contributed by atoms with Crippen LogP contribution in [0, 0.1) is 5.92 Å². The van der Waals surface area contributed by atoms with Crippen molar-refractivity contribution in [2.24, 2.45) is 5.92 Å². The molecule has 22 heavy (non-hydrogen) atoms. The van der Waals surface area contributed by atoms with Crippen LogP contribution in [0.1, 0.15) is 18.4 Å². The molecule has 2 amide bonds. The van der Waals surface area contributed by atoms with E-state index in [9.17, 15) is 9.59 Å². The number of amides is 2. The fourth-order valence-electron chi connectivity index (χ4n) is 3.12. The molecule has 5 nitrogen and oxygen atoms in total. The van der Waals surface area contributed by atoms with Gasteiger partial charge >= 0.3 is 0 Å². The monoisotopic (exact) mass is 322 g/mol. The fourth-order valence-corrected chi connectivity index (χ4v) is 3.32. The molecule has 1 N–H and O–H groups in total. The van der Waals surface area contributed by atoms with Gasteiger partial charge in [0.2, 0.25) is 5.91 Å². The molecular formula is C16H19ClN2O3. The van der Waals surface area contributed by atoms with E-state index in [1.807, 2.05) is 12.1 Å². The summed E-state index contributed by atoms with van der Waals surface area (Å²) in [6.07, 6.45) is 1.50. The molecule has 118 valence electrons. The van der Waals surface area contributed by atoms with Crippen molar-refractivity contribution in [3.63, 3.8) is 0 Å². The van der Waals surface area contributed by atoms with Crippen molar-refractivity contribution in [3.8, 4) is 5.75 Å². The van der Waals surface area contributed by atoms with Crippen LogP contribution in [0.4, 0.5) is 0 Å². The maximum Gasteiger partial charge on any atom is 0.263 e. The molecule has 0 spiro atoms. The standard InChI is InChI=1S/C16H19ClN2O3/c1-18-15(20)10-4-6-19(7-5-10)16(21)14-9-11-8-12(17)2-3-13(11)22-14/h2-3,8,10,14H,4-7,9H2,1H3,(H,18,20). The fraction of sp³-hybridized carbons (Fsp3) is 0.500. The molecule has 0 radical (unpaired) electrons. The number of benzene rings is 1. The number of halogens is 1. The second-order valence-corrected chi connectivity index (χ2v) is 6.21. The summed E-state index contributed by atoms with van der Waals surface area (Å²) in [6, 6.07) is 5.42. The van der Waals surface area contributed by atoms with Gasteiger partial charge in [-0.1, -0.05) is 11.6 Å². The van der Waals surface area contributed by atoms with Gasteiger partial charge < -0.3 is 15.0 Å². The summed E-state index contributed by atoms with van der Waals surface area (Å²) in [5, 5.41) is 3.33. The first kappa shape index (κ1) is 15.2. The highest BCUT2D eigenvalue weighted by molar-refractivity contribution is 6.30. The maximum atomic E-state index is 12.6. The summed E-state index contributed by atoms with van der Waals surface area (Å²) < 4.78 is 5.74. The van der Waals surface area contributed by atoms with E-state index in [1.165, 1.54) is 0 Å².